The fourth-order valence-electron chi connectivity index (χ4n) is 2.82. The lowest BCUT2D eigenvalue weighted by atomic mass is 10.1. The monoisotopic (exact) mass is 346 g/mol. The Morgan fingerprint density at radius 2 is 2.17 bits per heavy atom. The van der Waals surface area contributed by atoms with Gasteiger partial charge >= 0.3 is 0 Å². The normalized spacial score (nSPS) is 17.3. The molecule has 6 nitrogen and oxygen atoms in total. The summed E-state index contributed by atoms with van der Waals surface area (Å²) in [6, 6.07) is 9.05. The number of halogens is 1. The van der Waals surface area contributed by atoms with Crippen LogP contribution >= 0.6 is 11.6 Å². The van der Waals surface area contributed by atoms with Crippen molar-refractivity contribution in [3.05, 3.63) is 47.7 Å². The number of para-hydroxylation sites is 1. The number of nitrogens with one attached hydrogen (secondary N) is 1. The van der Waals surface area contributed by atoms with Gasteiger partial charge in [0, 0.05) is 38.4 Å². The van der Waals surface area contributed by atoms with Crippen LogP contribution in [-0.2, 0) is 16.1 Å². The van der Waals surface area contributed by atoms with Crippen LogP contribution in [0.3, 0.4) is 0 Å². The molecule has 24 heavy (non-hydrogen) atoms. The van der Waals surface area contributed by atoms with Crippen molar-refractivity contribution in [3.63, 3.8) is 0 Å². The highest BCUT2D eigenvalue weighted by Gasteiger charge is 2.35. The molecule has 1 fully saturated rings. The zero-order chi connectivity index (χ0) is 16.9. The Hall–Kier alpha value is -2.34. The van der Waals surface area contributed by atoms with Crippen LogP contribution in [0.5, 0.6) is 0 Å². The van der Waals surface area contributed by atoms with E-state index in [-0.39, 0.29) is 24.2 Å². The Bertz CT molecular complexity index is 717. The van der Waals surface area contributed by atoms with Gasteiger partial charge in [0.25, 0.3) is 0 Å². The van der Waals surface area contributed by atoms with Crippen LogP contribution in [0, 0.1) is 5.92 Å². The molecule has 1 atom stereocenters. The van der Waals surface area contributed by atoms with Gasteiger partial charge in [0.1, 0.15) is 0 Å². The van der Waals surface area contributed by atoms with Gasteiger partial charge in [0.2, 0.25) is 11.8 Å². The maximum Gasteiger partial charge on any atom is 0.227 e. The SMILES string of the molecule is O=C(NCCCn1cccn1)[C@H]1CC(=O)N(c2ccccc2Cl)C1. The molecule has 3 rings (SSSR count). The molecule has 126 valence electrons. The van der Waals surface area contributed by atoms with Gasteiger partial charge < -0.3 is 10.2 Å². The van der Waals surface area contributed by atoms with Crippen molar-refractivity contribution in [3.8, 4) is 0 Å². The Kier molecular flexibility index (Phi) is 5.15. The average Bonchev–Trinajstić information content (AvgIpc) is 3.22. The number of anilines is 1. The molecule has 2 amide bonds. The first-order valence-corrected chi connectivity index (χ1v) is 8.33. The summed E-state index contributed by atoms with van der Waals surface area (Å²) in [5.41, 5.74) is 0.665. The Morgan fingerprint density at radius 1 is 1.33 bits per heavy atom. The number of carbonyl (C=O) groups is 2. The fraction of sp³-hybridized carbons (Fsp3) is 0.353. The van der Waals surface area contributed by atoms with Crippen LogP contribution in [0.1, 0.15) is 12.8 Å². The Balaban J connectivity index is 1.50. The van der Waals surface area contributed by atoms with Crippen LogP contribution in [0.25, 0.3) is 0 Å². The molecule has 0 spiro atoms. The van der Waals surface area contributed by atoms with Gasteiger partial charge in [-0.1, -0.05) is 23.7 Å². The van der Waals surface area contributed by atoms with Crippen molar-refractivity contribution in [1.82, 2.24) is 15.1 Å². The third kappa shape index (κ3) is 3.76. The van der Waals surface area contributed by atoms with Crippen LogP contribution in [0.4, 0.5) is 5.69 Å². The van der Waals surface area contributed by atoms with Gasteiger partial charge in [-0.3, -0.25) is 14.3 Å². The third-order valence-electron chi connectivity index (χ3n) is 4.06. The maximum absolute atomic E-state index is 12.3. The molecule has 0 saturated carbocycles. The quantitative estimate of drug-likeness (QED) is 0.814. The molecule has 1 N–H and O–H groups in total. The van der Waals surface area contributed by atoms with E-state index in [9.17, 15) is 9.59 Å². The van der Waals surface area contributed by atoms with Crippen molar-refractivity contribution in [1.29, 1.82) is 0 Å². The Morgan fingerprint density at radius 3 is 2.92 bits per heavy atom. The van der Waals surface area contributed by atoms with E-state index in [0.29, 0.717) is 23.8 Å². The molecule has 0 aliphatic carbocycles. The van der Waals surface area contributed by atoms with Crippen molar-refractivity contribution in [2.75, 3.05) is 18.0 Å². The lowest BCUT2D eigenvalue weighted by Crippen LogP contribution is -2.33. The first-order chi connectivity index (χ1) is 11.6. The number of hydrogen-bond acceptors (Lipinski definition) is 3. The first kappa shape index (κ1) is 16.5. The summed E-state index contributed by atoms with van der Waals surface area (Å²) in [5, 5.41) is 7.53. The van der Waals surface area contributed by atoms with Gasteiger partial charge in [0.05, 0.1) is 16.6 Å². The number of amides is 2. The summed E-state index contributed by atoms with van der Waals surface area (Å²) in [5.74, 6) is -0.489. The number of hydrogen-bond donors (Lipinski definition) is 1. The van der Waals surface area contributed by atoms with Crippen LogP contribution in [-0.4, -0.2) is 34.7 Å². The maximum atomic E-state index is 12.3. The van der Waals surface area contributed by atoms with Gasteiger partial charge in [-0.2, -0.15) is 5.10 Å². The molecule has 2 heterocycles. The highest BCUT2D eigenvalue weighted by molar-refractivity contribution is 6.33. The van der Waals surface area contributed by atoms with E-state index in [1.54, 1.807) is 23.2 Å². The second-order valence-electron chi connectivity index (χ2n) is 5.77. The van der Waals surface area contributed by atoms with Crippen LogP contribution in [0.15, 0.2) is 42.7 Å². The van der Waals surface area contributed by atoms with E-state index in [2.05, 4.69) is 10.4 Å². The number of nitrogens with zero attached hydrogens (tertiary/aromatic N) is 3. The smallest absolute Gasteiger partial charge is 0.227 e. The van der Waals surface area contributed by atoms with E-state index in [1.807, 2.05) is 29.1 Å². The molecule has 1 aliphatic heterocycles. The van der Waals surface area contributed by atoms with Crippen molar-refractivity contribution in [2.24, 2.45) is 5.92 Å². The van der Waals surface area contributed by atoms with Crippen molar-refractivity contribution in [2.45, 2.75) is 19.4 Å². The van der Waals surface area contributed by atoms with Gasteiger partial charge in [0.15, 0.2) is 0 Å². The van der Waals surface area contributed by atoms with Gasteiger partial charge in [-0.25, -0.2) is 0 Å². The topological polar surface area (TPSA) is 67.2 Å². The highest BCUT2D eigenvalue weighted by atomic mass is 35.5. The highest BCUT2D eigenvalue weighted by Crippen LogP contribution is 2.30. The van der Waals surface area contributed by atoms with E-state index >= 15 is 0 Å². The minimum Gasteiger partial charge on any atom is -0.356 e. The molecule has 2 aromatic rings. The molecular weight excluding hydrogens is 328 g/mol. The fourth-order valence-corrected chi connectivity index (χ4v) is 3.05. The van der Waals surface area contributed by atoms with Gasteiger partial charge in [-0.15, -0.1) is 0 Å². The first-order valence-electron chi connectivity index (χ1n) is 7.95. The zero-order valence-electron chi connectivity index (χ0n) is 13.2. The molecule has 0 radical (unpaired) electrons. The molecule has 0 unspecified atom stereocenters. The molecule has 7 heteroatoms. The summed E-state index contributed by atoms with van der Waals surface area (Å²) < 4.78 is 1.82. The van der Waals surface area contributed by atoms with Crippen molar-refractivity contribution < 1.29 is 9.59 Å². The van der Waals surface area contributed by atoms with E-state index in [4.69, 9.17) is 11.6 Å². The van der Waals surface area contributed by atoms with E-state index in [0.717, 1.165) is 13.0 Å². The minimum atomic E-state index is -0.335. The van der Waals surface area contributed by atoms with E-state index in [1.165, 1.54) is 0 Å². The summed E-state index contributed by atoms with van der Waals surface area (Å²) in [4.78, 5) is 26.1. The predicted molar refractivity (Wildman–Crippen MR) is 91.8 cm³/mol. The lowest BCUT2D eigenvalue weighted by molar-refractivity contribution is -0.126. The van der Waals surface area contributed by atoms with Crippen LogP contribution < -0.4 is 10.2 Å². The second-order valence-corrected chi connectivity index (χ2v) is 6.18. The summed E-state index contributed by atoms with van der Waals surface area (Å²) in [6.07, 6.45) is 4.63. The minimum absolute atomic E-state index is 0.0696. The largest absolute Gasteiger partial charge is 0.356 e. The number of carbonyl (C=O) groups excluding carboxylic acids is 2. The van der Waals surface area contributed by atoms with E-state index < -0.39 is 0 Å². The average molecular weight is 347 g/mol. The zero-order valence-corrected chi connectivity index (χ0v) is 13.9. The standard InChI is InChI=1S/C17H19ClN4O2/c18-14-5-1-2-6-15(14)22-12-13(11-16(22)23)17(24)19-7-3-9-21-10-4-8-20-21/h1-2,4-6,8,10,13H,3,7,9,11-12H2,(H,19,24)/t13-/m0/s1. The number of rotatable bonds is 6. The number of aryl methyl sites for hydroxylation is 1. The summed E-state index contributed by atoms with van der Waals surface area (Å²) in [7, 11) is 0. The summed E-state index contributed by atoms with van der Waals surface area (Å²) >= 11 is 6.15. The molecule has 1 aromatic heterocycles. The third-order valence-corrected chi connectivity index (χ3v) is 4.38. The van der Waals surface area contributed by atoms with Crippen LogP contribution in [0.2, 0.25) is 5.02 Å². The summed E-state index contributed by atoms with van der Waals surface area (Å²) in [6.45, 7) is 1.69. The predicted octanol–water partition coefficient (Wildman–Crippen LogP) is 2.10. The lowest BCUT2D eigenvalue weighted by Gasteiger charge is -2.18. The molecule has 1 aromatic carbocycles. The molecule has 0 bridgehead atoms. The molecule has 1 aliphatic rings. The number of benzene rings is 1. The molecular formula is C17H19ClN4O2. The Labute approximate surface area is 145 Å². The van der Waals surface area contributed by atoms with Crippen molar-refractivity contribution >= 4 is 29.1 Å². The number of aromatic nitrogens is 2. The van der Waals surface area contributed by atoms with Gasteiger partial charge in [-0.05, 0) is 24.6 Å². The second kappa shape index (κ2) is 7.49. The molecule has 1 saturated heterocycles.